The Balaban J connectivity index is 1.87. The van der Waals surface area contributed by atoms with Crippen LogP contribution in [0.5, 0.6) is 11.5 Å². The van der Waals surface area contributed by atoms with Gasteiger partial charge in [0.15, 0.2) is 11.5 Å². The monoisotopic (exact) mass is 409 g/mol. The molecule has 0 unspecified atom stereocenters. The number of nitrogens with zero attached hydrogens (tertiary/aromatic N) is 1. The number of amides is 2. The third-order valence-electron chi connectivity index (χ3n) is 3.40. The molecule has 2 amide bonds. The molecule has 9 heteroatoms. The van der Waals surface area contributed by atoms with E-state index in [1.807, 2.05) is 0 Å². The number of methoxy groups -OCH3 is 2. The first kappa shape index (κ1) is 20.5. The van der Waals surface area contributed by atoms with Crippen LogP contribution in [0.3, 0.4) is 0 Å². The summed E-state index contributed by atoms with van der Waals surface area (Å²) in [6.45, 7) is -0.263. The summed E-state index contributed by atoms with van der Waals surface area (Å²) in [6.07, 6.45) is 1.44. The third kappa shape index (κ3) is 5.87. The molecule has 0 heterocycles. The first-order valence-electron chi connectivity index (χ1n) is 7.71. The second-order valence-electron chi connectivity index (χ2n) is 5.21. The van der Waals surface area contributed by atoms with Crippen molar-refractivity contribution in [2.75, 3.05) is 20.8 Å². The Morgan fingerprint density at radius 3 is 2.48 bits per heavy atom. The van der Waals surface area contributed by atoms with Gasteiger partial charge in [0.2, 0.25) is 0 Å². The van der Waals surface area contributed by atoms with E-state index in [2.05, 4.69) is 15.8 Å². The summed E-state index contributed by atoms with van der Waals surface area (Å²) < 4.78 is 10.3. The molecule has 0 saturated carbocycles. The average Bonchev–Trinajstić information content (AvgIpc) is 2.66. The molecule has 0 aliphatic carbocycles. The van der Waals surface area contributed by atoms with Gasteiger partial charge < -0.3 is 14.8 Å². The highest BCUT2D eigenvalue weighted by Gasteiger charge is 2.11. The van der Waals surface area contributed by atoms with Crippen molar-refractivity contribution in [3.8, 4) is 11.5 Å². The lowest BCUT2D eigenvalue weighted by molar-refractivity contribution is -0.120. The van der Waals surface area contributed by atoms with Gasteiger partial charge in [-0.15, -0.1) is 0 Å². The summed E-state index contributed by atoms with van der Waals surface area (Å²) in [5.41, 5.74) is 3.24. The first-order valence-corrected chi connectivity index (χ1v) is 8.47. The van der Waals surface area contributed by atoms with E-state index in [9.17, 15) is 9.59 Å². The van der Waals surface area contributed by atoms with E-state index in [1.54, 1.807) is 18.2 Å². The van der Waals surface area contributed by atoms with Gasteiger partial charge in [-0.3, -0.25) is 9.59 Å². The predicted octanol–water partition coefficient (Wildman–Crippen LogP) is 2.89. The van der Waals surface area contributed by atoms with E-state index < -0.39 is 11.8 Å². The van der Waals surface area contributed by atoms with Crippen LogP contribution in [0, 0.1) is 0 Å². The maximum atomic E-state index is 12.0. The molecule has 2 rings (SSSR count). The van der Waals surface area contributed by atoms with E-state index in [0.717, 1.165) is 0 Å². The zero-order chi connectivity index (χ0) is 19.8. The largest absolute Gasteiger partial charge is 0.493 e. The maximum Gasteiger partial charge on any atom is 0.259 e. The minimum Gasteiger partial charge on any atom is -0.493 e. The molecule has 0 spiro atoms. The summed E-state index contributed by atoms with van der Waals surface area (Å²) in [5.74, 6) is 0.142. The maximum absolute atomic E-state index is 12.0. The van der Waals surface area contributed by atoms with Gasteiger partial charge in [0.25, 0.3) is 11.8 Å². The zero-order valence-corrected chi connectivity index (χ0v) is 16.1. The fraction of sp³-hybridized carbons (Fsp3) is 0.167. The quantitative estimate of drug-likeness (QED) is 0.543. The van der Waals surface area contributed by atoms with Crippen LogP contribution in [0.25, 0.3) is 0 Å². The van der Waals surface area contributed by atoms with Crippen LogP contribution >= 0.6 is 23.2 Å². The molecule has 0 saturated heterocycles. The number of benzene rings is 2. The predicted molar refractivity (Wildman–Crippen MR) is 104 cm³/mol. The SMILES string of the molecule is COc1ccc(C=NNC(=O)CNC(=O)c2ccc(Cl)cc2Cl)cc1OC. The van der Waals surface area contributed by atoms with Crippen LogP contribution in [0.1, 0.15) is 15.9 Å². The molecule has 2 aromatic rings. The number of carbonyl (C=O) groups excluding carboxylic acids is 2. The van der Waals surface area contributed by atoms with Crippen LogP contribution < -0.4 is 20.2 Å². The molecule has 0 atom stereocenters. The lowest BCUT2D eigenvalue weighted by Gasteiger charge is -2.07. The highest BCUT2D eigenvalue weighted by Crippen LogP contribution is 2.26. The molecule has 27 heavy (non-hydrogen) atoms. The zero-order valence-electron chi connectivity index (χ0n) is 14.6. The number of hydrogen-bond acceptors (Lipinski definition) is 5. The van der Waals surface area contributed by atoms with Gasteiger partial charge in [-0.2, -0.15) is 5.10 Å². The number of carbonyl (C=O) groups is 2. The van der Waals surface area contributed by atoms with Gasteiger partial charge in [0.1, 0.15) is 0 Å². The van der Waals surface area contributed by atoms with Gasteiger partial charge in [-0.05, 0) is 42.0 Å². The van der Waals surface area contributed by atoms with Gasteiger partial charge in [-0.1, -0.05) is 23.2 Å². The van der Waals surface area contributed by atoms with E-state index in [1.165, 1.54) is 38.6 Å². The molecule has 0 radical (unpaired) electrons. The fourth-order valence-electron chi connectivity index (χ4n) is 2.08. The summed E-state index contributed by atoms with van der Waals surface area (Å²) in [6, 6.07) is 9.65. The minimum atomic E-state index is -0.495. The van der Waals surface area contributed by atoms with Crippen molar-refractivity contribution in [3.05, 3.63) is 57.6 Å². The Bertz CT molecular complexity index is 872. The van der Waals surface area contributed by atoms with Crippen molar-refractivity contribution in [2.45, 2.75) is 0 Å². The molecule has 2 N–H and O–H groups in total. The lowest BCUT2D eigenvalue weighted by Crippen LogP contribution is -2.35. The number of hydrogen-bond donors (Lipinski definition) is 2. The van der Waals surface area contributed by atoms with Crippen LogP contribution in [-0.4, -0.2) is 38.8 Å². The average molecular weight is 410 g/mol. The van der Waals surface area contributed by atoms with Crippen molar-refractivity contribution >= 4 is 41.2 Å². The normalized spacial score (nSPS) is 10.5. The van der Waals surface area contributed by atoms with Crippen molar-refractivity contribution in [1.29, 1.82) is 0 Å². The van der Waals surface area contributed by atoms with Crippen molar-refractivity contribution < 1.29 is 19.1 Å². The standard InChI is InChI=1S/C18H17Cl2N3O4/c1-26-15-6-3-11(7-16(15)27-2)9-22-23-17(24)10-21-18(25)13-5-4-12(19)8-14(13)20/h3-9H,10H2,1-2H3,(H,21,25)(H,23,24). The topological polar surface area (TPSA) is 89.0 Å². The molecule has 0 aliphatic heterocycles. The van der Waals surface area contributed by atoms with Crippen molar-refractivity contribution in [1.82, 2.24) is 10.7 Å². The molecule has 142 valence electrons. The van der Waals surface area contributed by atoms with Crippen molar-refractivity contribution in [3.63, 3.8) is 0 Å². The molecule has 2 aromatic carbocycles. The molecule has 7 nitrogen and oxygen atoms in total. The number of rotatable bonds is 7. The second-order valence-corrected chi connectivity index (χ2v) is 6.06. The van der Waals surface area contributed by atoms with Crippen LogP contribution in [-0.2, 0) is 4.79 Å². The third-order valence-corrected chi connectivity index (χ3v) is 3.94. The van der Waals surface area contributed by atoms with E-state index >= 15 is 0 Å². The number of halogens is 2. The molecule has 0 fully saturated rings. The first-order chi connectivity index (χ1) is 12.9. The Kier molecular flexibility index (Phi) is 7.45. The number of nitrogens with one attached hydrogen (secondary N) is 2. The fourth-order valence-corrected chi connectivity index (χ4v) is 2.58. The summed E-state index contributed by atoms with van der Waals surface area (Å²) in [4.78, 5) is 23.8. The summed E-state index contributed by atoms with van der Waals surface area (Å²) >= 11 is 11.7. The van der Waals surface area contributed by atoms with Gasteiger partial charge in [-0.25, -0.2) is 5.43 Å². The Labute approximate surface area is 166 Å². The second kappa shape index (κ2) is 9.80. The Morgan fingerprint density at radius 1 is 1.07 bits per heavy atom. The Morgan fingerprint density at radius 2 is 1.81 bits per heavy atom. The number of ether oxygens (including phenoxy) is 2. The van der Waals surface area contributed by atoms with Gasteiger partial charge in [0.05, 0.1) is 37.6 Å². The van der Waals surface area contributed by atoms with Gasteiger partial charge in [0, 0.05) is 5.02 Å². The molecule has 0 aromatic heterocycles. The van der Waals surface area contributed by atoms with Crippen LogP contribution in [0.15, 0.2) is 41.5 Å². The minimum absolute atomic E-state index is 0.201. The van der Waals surface area contributed by atoms with E-state index in [4.69, 9.17) is 32.7 Å². The van der Waals surface area contributed by atoms with Gasteiger partial charge >= 0.3 is 0 Å². The summed E-state index contributed by atoms with van der Waals surface area (Å²) in [7, 11) is 3.06. The van der Waals surface area contributed by atoms with Crippen LogP contribution in [0.2, 0.25) is 10.0 Å². The lowest BCUT2D eigenvalue weighted by atomic mass is 10.2. The molecular weight excluding hydrogens is 393 g/mol. The van der Waals surface area contributed by atoms with E-state index in [-0.39, 0.29) is 17.1 Å². The van der Waals surface area contributed by atoms with Crippen molar-refractivity contribution in [2.24, 2.45) is 5.10 Å². The highest BCUT2D eigenvalue weighted by molar-refractivity contribution is 6.36. The highest BCUT2D eigenvalue weighted by atomic mass is 35.5. The Hall–Kier alpha value is -2.77. The molecular formula is C18H17Cl2N3O4. The van der Waals surface area contributed by atoms with E-state index in [0.29, 0.717) is 22.1 Å². The summed E-state index contributed by atoms with van der Waals surface area (Å²) in [5, 5.41) is 6.91. The smallest absolute Gasteiger partial charge is 0.259 e. The molecule has 0 bridgehead atoms. The van der Waals surface area contributed by atoms with Crippen LogP contribution in [0.4, 0.5) is 0 Å². The number of hydrazone groups is 1. The molecule has 0 aliphatic rings.